The van der Waals surface area contributed by atoms with Crippen LogP contribution in [0.15, 0.2) is 24.3 Å². The number of imidazole rings is 1. The summed E-state index contributed by atoms with van der Waals surface area (Å²) in [7, 11) is 0. The smallest absolute Gasteiger partial charge is 0.236 e. The monoisotopic (exact) mass is 260 g/mol. The minimum atomic E-state index is -0.468. The predicted octanol–water partition coefficient (Wildman–Crippen LogP) is 1.06. The van der Waals surface area contributed by atoms with Gasteiger partial charge >= 0.3 is 0 Å². The average molecular weight is 260 g/mol. The van der Waals surface area contributed by atoms with Crippen LogP contribution in [0.4, 0.5) is 0 Å². The molecule has 1 aromatic heterocycles. The highest BCUT2D eigenvalue weighted by Gasteiger charge is 2.10. The van der Waals surface area contributed by atoms with Crippen LogP contribution in [0, 0.1) is 0 Å². The fourth-order valence-corrected chi connectivity index (χ4v) is 2.13. The van der Waals surface area contributed by atoms with Gasteiger partial charge in [0.1, 0.15) is 5.82 Å². The van der Waals surface area contributed by atoms with Crippen LogP contribution in [0.1, 0.15) is 19.7 Å². The molecule has 3 N–H and O–H groups in total. The van der Waals surface area contributed by atoms with Gasteiger partial charge in [0.05, 0.1) is 17.1 Å². The topological polar surface area (TPSA) is 72.9 Å². The van der Waals surface area contributed by atoms with Crippen LogP contribution in [0.2, 0.25) is 0 Å². The standard InChI is InChI=1S/C14H20N4O/c1-3-18-12-7-5-4-6-11(12)17-13(18)8-9-16-14(19)10(2)15/h4-7,10H,3,8-9,15H2,1-2H3,(H,16,19)/t10-/m1/s1. The van der Waals surface area contributed by atoms with E-state index in [9.17, 15) is 4.79 Å². The van der Waals surface area contributed by atoms with Gasteiger partial charge in [-0.1, -0.05) is 12.1 Å². The molecule has 1 atom stereocenters. The summed E-state index contributed by atoms with van der Waals surface area (Å²) >= 11 is 0. The molecule has 0 radical (unpaired) electrons. The molecule has 0 unspecified atom stereocenters. The number of nitrogens with two attached hydrogens (primary N) is 1. The van der Waals surface area contributed by atoms with Crippen LogP contribution in [0.3, 0.4) is 0 Å². The van der Waals surface area contributed by atoms with Gasteiger partial charge in [0, 0.05) is 19.5 Å². The number of para-hydroxylation sites is 2. The number of carbonyl (C=O) groups excluding carboxylic acids is 1. The molecule has 0 aliphatic rings. The molecule has 1 aromatic carbocycles. The van der Waals surface area contributed by atoms with E-state index in [1.807, 2.05) is 18.2 Å². The normalized spacial score (nSPS) is 12.6. The highest BCUT2D eigenvalue weighted by atomic mass is 16.2. The zero-order valence-electron chi connectivity index (χ0n) is 11.4. The van der Waals surface area contributed by atoms with Gasteiger partial charge in [-0.05, 0) is 26.0 Å². The minimum absolute atomic E-state index is 0.126. The van der Waals surface area contributed by atoms with Crippen LogP contribution in [0.5, 0.6) is 0 Å². The van der Waals surface area contributed by atoms with E-state index < -0.39 is 6.04 Å². The Morgan fingerprint density at radius 2 is 2.21 bits per heavy atom. The molecule has 0 saturated heterocycles. The summed E-state index contributed by atoms with van der Waals surface area (Å²) in [6, 6.07) is 7.60. The number of nitrogens with zero attached hydrogens (tertiary/aromatic N) is 2. The molecule has 5 heteroatoms. The third-order valence-corrected chi connectivity index (χ3v) is 3.11. The van der Waals surface area contributed by atoms with Crippen molar-refractivity contribution in [2.45, 2.75) is 32.9 Å². The van der Waals surface area contributed by atoms with Gasteiger partial charge in [0.25, 0.3) is 0 Å². The number of fused-ring (bicyclic) bond motifs is 1. The van der Waals surface area contributed by atoms with Crippen LogP contribution in [-0.4, -0.2) is 28.0 Å². The van der Waals surface area contributed by atoms with E-state index in [0.29, 0.717) is 13.0 Å². The predicted molar refractivity (Wildman–Crippen MR) is 75.8 cm³/mol. The molecular weight excluding hydrogens is 240 g/mol. The van der Waals surface area contributed by atoms with Crippen molar-refractivity contribution >= 4 is 16.9 Å². The summed E-state index contributed by atoms with van der Waals surface area (Å²) in [5.74, 6) is 0.868. The number of hydrogen-bond acceptors (Lipinski definition) is 3. The molecule has 1 amide bonds. The summed E-state index contributed by atoms with van der Waals surface area (Å²) in [6.45, 7) is 5.20. The van der Waals surface area contributed by atoms with Crippen LogP contribution < -0.4 is 11.1 Å². The lowest BCUT2D eigenvalue weighted by atomic mass is 10.3. The third-order valence-electron chi connectivity index (χ3n) is 3.11. The number of aryl methyl sites for hydroxylation is 1. The lowest BCUT2D eigenvalue weighted by Gasteiger charge is -2.08. The van der Waals surface area contributed by atoms with Crippen molar-refractivity contribution in [3.05, 3.63) is 30.1 Å². The molecule has 0 bridgehead atoms. The van der Waals surface area contributed by atoms with E-state index in [2.05, 4.69) is 27.9 Å². The van der Waals surface area contributed by atoms with E-state index in [0.717, 1.165) is 23.4 Å². The molecule has 0 fully saturated rings. The van der Waals surface area contributed by atoms with Gasteiger partial charge in [-0.2, -0.15) is 0 Å². The highest BCUT2D eigenvalue weighted by Crippen LogP contribution is 2.15. The number of aromatic nitrogens is 2. The van der Waals surface area contributed by atoms with Gasteiger partial charge in [0.2, 0.25) is 5.91 Å². The Kier molecular flexibility index (Phi) is 4.16. The second-order valence-electron chi connectivity index (χ2n) is 4.59. The van der Waals surface area contributed by atoms with E-state index in [1.54, 1.807) is 6.92 Å². The van der Waals surface area contributed by atoms with E-state index in [4.69, 9.17) is 5.73 Å². The molecule has 0 saturated carbocycles. The Morgan fingerprint density at radius 1 is 1.47 bits per heavy atom. The summed E-state index contributed by atoms with van der Waals surface area (Å²) in [5, 5.41) is 2.81. The Labute approximate surface area is 112 Å². The number of rotatable bonds is 5. The second-order valence-corrected chi connectivity index (χ2v) is 4.59. The molecule has 1 heterocycles. The summed E-state index contributed by atoms with van der Waals surface area (Å²) in [4.78, 5) is 16.0. The average Bonchev–Trinajstić information content (AvgIpc) is 2.75. The third kappa shape index (κ3) is 2.93. The van der Waals surface area contributed by atoms with Gasteiger partial charge in [-0.15, -0.1) is 0 Å². The lowest BCUT2D eigenvalue weighted by Crippen LogP contribution is -2.39. The van der Waals surface area contributed by atoms with Crippen molar-refractivity contribution in [1.82, 2.24) is 14.9 Å². The maximum absolute atomic E-state index is 11.4. The van der Waals surface area contributed by atoms with Crippen molar-refractivity contribution in [3.8, 4) is 0 Å². The van der Waals surface area contributed by atoms with Gasteiger partial charge in [-0.3, -0.25) is 4.79 Å². The molecule has 2 aromatic rings. The van der Waals surface area contributed by atoms with E-state index >= 15 is 0 Å². The van der Waals surface area contributed by atoms with Crippen LogP contribution >= 0.6 is 0 Å². The lowest BCUT2D eigenvalue weighted by molar-refractivity contribution is -0.121. The van der Waals surface area contributed by atoms with Crippen molar-refractivity contribution < 1.29 is 4.79 Å². The number of nitrogens with one attached hydrogen (secondary N) is 1. The maximum atomic E-state index is 11.4. The van der Waals surface area contributed by atoms with Crippen molar-refractivity contribution in [2.24, 2.45) is 5.73 Å². The molecule has 102 valence electrons. The Bertz CT molecular complexity index is 574. The fourth-order valence-electron chi connectivity index (χ4n) is 2.13. The van der Waals surface area contributed by atoms with Crippen molar-refractivity contribution in [1.29, 1.82) is 0 Å². The number of benzene rings is 1. The van der Waals surface area contributed by atoms with Gasteiger partial charge < -0.3 is 15.6 Å². The Morgan fingerprint density at radius 3 is 2.89 bits per heavy atom. The SMILES string of the molecule is CCn1c(CCNC(=O)[C@@H](C)N)nc2ccccc21. The Hall–Kier alpha value is -1.88. The minimum Gasteiger partial charge on any atom is -0.354 e. The first kappa shape index (κ1) is 13.5. The molecule has 0 aliphatic heterocycles. The quantitative estimate of drug-likeness (QED) is 0.844. The first-order valence-electron chi connectivity index (χ1n) is 6.61. The molecule has 5 nitrogen and oxygen atoms in total. The first-order chi connectivity index (χ1) is 9.13. The van der Waals surface area contributed by atoms with Gasteiger partial charge in [-0.25, -0.2) is 4.98 Å². The largest absolute Gasteiger partial charge is 0.354 e. The van der Waals surface area contributed by atoms with Crippen molar-refractivity contribution in [3.63, 3.8) is 0 Å². The molecule has 0 spiro atoms. The fraction of sp³-hybridized carbons (Fsp3) is 0.429. The van der Waals surface area contributed by atoms with E-state index in [1.165, 1.54) is 0 Å². The summed E-state index contributed by atoms with van der Waals surface area (Å²) < 4.78 is 2.17. The molecule has 2 rings (SSSR count). The molecule has 19 heavy (non-hydrogen) atoms. The number of amides is 1. The zero-order chi connectivity index (χ0) is 13.8. The number of carbonyl (C=O) groups is 1. The number of hydrogen-bond donors (Lipinski definition) is 2. The molecule has 0 aliphatic carbocycles. The highest BCUT2D eigenvalue weighted by molar-refractivity contribution is 5.81. The summed E-state index contributed by atoms with van der Waals surface area (Å²) in [6.07, 6.45) is 0.709. The van der Waals surface area contributed by atoms with Crippen molar-refractivity contribution in [2.75, 3.05) is 6.54 Å². The maximum Gasteiger partial charge on any atom is 0.236 e. The molecular formula is C14H20N4O. The Balaban J connectivity index is 2.10. The second kappa shape index (κ2) is 5.84. The summed E-state index contributed by atoms with van der Waals surface area (Å²) in [5.41, 5.74) is 7.64. The van der Waals surface area contributed by atoms with E-state index in [-0.39, 0.29) is 5.91 Å². The van der Waals surface area contributed by atoms with Gasteiger partial charge in [0.15, 0.2) is 0 Å². The zero-order valence-corrected chi connectivity index (χ0v) is 11.4. The van der Waals surface area contributed by atoms with Crippen LogP contribution in [-0.2, 0) is 17.8 Å². The van der Waals surface area contributed by atoms with Crippen LogP contribution in [0.25, 0.3) is 11.0 Å². The first-order valence-corrected chi connectivity index (χ1v) is 6.61.